The largest absolute Gasteiger partial charge is 0.426 e. The van der Waals surface area contributed by atoms with Gasteiger partial charge in [-0.1, -0.05) is 54.6 Å². The number of carbonyl (C=O) groups is 3. The molecule has 0 radical (unpaired) electrons. The number of carbonyl (C=O) groups excluding carboxylic acids is 3. The Morgan fingerprint density at radius 3 is 2.04 bits per heavy atom. The van der Waals surface area contributed by atoms with Crippen molar-refractivity contribution in [2.75, 3.05) is 6.54 Å². The van der Waals surface area contributed by atoms with E-state index in [4.69, 9.17) is 4.74 Å². The Morgan fingerprint density at radius 1 is 0.857 bits per heavy atom. The molecule has 4 rings (SSSR count). The smallest absolute Gasteiger partial charge is 0.312 e. The molecular formula is C23H21NO4. The molecule has 1 aliphatic heterocycles. The molecule has 1 heterocycles. The normalized spacial score (nSPS) is 20.9. The monoisotopic (exact) mass is 375 g/mol. The van der Waals surface area contributed by atoms with Crippen molar-refractivity contribution in [1.29, 1.82) is 0 Å². The van der Waals surface area contributed by atoms with Crippen LogP contribution in [-0.2, 0) is 14.4 Å². The minimum Gasteiger partial charge on any atom is -0.426 e. The van der Waals surface area contributed by atoms with E-state index in [-0.39, 0.29) is 36.6 Å². The second-order valence-corrected chi connectivity index (χ2v) is 7.10. The van der Waals surface area contributed by atoms with Crippen molar-refractivity contribution in [2.45, 2.75) is 19.3 Å². The van der Waals surface area contributed by atoms with Gasteiger partial charge in [-0.25, -0.2) is 0 Å². The number of allylic oxidation sites excluding steroid dienone is 2. The van der Waals surface area contributed by atoms with Crippen LogP contribution in [0.2, 0.25) is 0 Å². The molecule has 1 aliphatic carbocycles. The summed E-state index contributed by atoms with van der Waals surface area (Å²) >= 11 is 0. The maximum atomic E-state index is 12.4. The van der Waals surface area contributed by atoms with Gasteiger partial charge in [-0.15, -0.1) is 0 Å². The van der Waals surface area contributed by atoms with Crippen LogP contribution in [0.4, 0.5) is 0 Å². The first-order valence-corrected chi connectivity index (χ1v) is 9.50. The summed E-state index contributed by atoms with van der Waals surface area (Å²) in [5.41, 5.74) is 2.12. The quantitative estimate of drug-likeness (QED) is 0.347. The van der Waals surface area contributed by atoms with Crippen LogP contribution in [0.1, 0.15) is 19.3 Å². The van der Waals surface area contributed by atoms with Gasteiger partial charge in [0, 0.05) is 6.54 Å². The summed E-state index contributed by atoms with van der Waals surface area (Å²) in [5, 5.41) is 0. The fourth-order valence-corrected chi connectivity index (χ4v) is 3.82. The van der Waals surface area contributed by atoms with Crippen molar-refractivity contribution in [3.8, 4) is 16.9 Å². The highest BCUT2D eigenvalue weighted by molar-refractivity contribution is 6.05. The number of benzene rings is 2. The molecule has 2 amide bonds. The number of nitrogens with zero attached hydrogens (tertiary/aromatic N) is 1. The maximum Gasteiger partial charge on any atom is 0.312 e. The first-order chi connectivity index (χ1) is 13.6. The van der Waals surface area contributed by atoms with Crippen LogP contribution in [-0.4, -0.2) is 29.2 Å². The first-order valence-electron chi connectivity index (χ1n) is 9.50. The molecular weight excluding hydrogens is 354 g/mol. The first kappa shape index (κ1) is 18.2. The van der Waals surface area contributed by atoms with Crippen LogP contribution < -0.4 is 4.74 Å². The number of ether oxygens (including phenoxy) is 1. The van der Waals surface area contributed by atoms with Gasteiger partial charge in [0.1, 0.15) is 5.75 Å². The van der Waals surface area contributed by atoms with Crippen molar-refractivity contribution < 1.29 is 19.1 Å². The molecule has 0 saturated carbocycles. The van der Waals surface area contributed by atoms with E-state index in [9.17, 15) is 14.4 Å². The van der Waals surface area contributed by atoms with Crippen molar-refractivity contribution in [3.05, 3.63) is 66.7 Å². The number of rotatable bonds is 5. The Balaban J connectivity index is 1.32. The Labute approximate surface area is 163 Å². The van der Waals surface area contributed by atoms with Crippen LogP contribution in [0.25, 0.3) is 11.1 Å². The summed E-state index contributed by atoms with van der Waals surface area (Å²) in [7, 11) is 0. The number of fused-ring (bicyclic) bond motifs is 1. The molecule has 0 bridgehead atoms. The Hall–Kier alpha value is -3.21. The molecule has 1 saturated heterocycles. The molecule has 5 heteroatoms. The van der Waals surface area contributed by atoms with E-state index in [1.54, 1.807) is 12.1 Å². The molecule has 2 aromatic rings. The van der Waals surface area contributed by atoms with Gasteiger partial charge in [-0.05, 0) is 36.1 Å². The van der Waals surface area contributed by atoms with E-state index < -0.39 is 5.97 Å². The van der Waals surface area contributed by atoms with E-state index in [1.807, 2.05) is 54.6 Å². The van der Waals surface area contributed by atoms with Gasteiger partial charge in [-0.3, -0.25) is 19.3 Å². The van der Waals surface area contributed by atoms with Crippen molar-refractivity contribution in [3.63, 3.8) is 0 Å². The highest BCUT2D eigenvalue weighted by Crippen LogP contribution is 2.35. The third kappa shape index (κ3) is 3.60. The standard InChI is InChI=1S/C23H21NO4/c25-21(14-15-24-22(26)19-8-4-5-9-20(19)23(24)27)28-18-12-10-17(11-13-18)16-6-2-1-3-7-16/h1-7,10-13,19-20H,8-9,14-15H2/t19-,20-/m1/s1. The molecule has 2 aliphatic rings. The van der Waals surface area contributed by atoms with Gasteiger partial charge >= 0.3 is 5.97 Å². The zero-order valence-corrected chi connectivity index (χ0v) is 15.4. The summed E-state index contributed by atoms with van der Waals surface area (Å²) in [6, 6.07) is 17.2. The molecule has 2 atom stereocenters. The van der Waals surface area contributed by atoms with Crippen LogP contribution in [0, 0.1) is 11.8 Å². The summed E-state index contributed by atoms with van der Waals surface area (Å²) in [6.07, 6.45) is 5.09. The second-order valence-electron chi connectivity index (χ2n) is 7.10. The highest BCUT2D eigenvalue weighted by atomic mass is 16.5. The number of hydrogen-bond acceptors (Lipinski definition) is 4. The van der Waals surface area contributed by atoms with E-state index in [1.165, 1.54) is 4.90 Å². The molecule has 0 N–H and O–H groups in total. The number of hydrogen-bond donors (Lipinski definition) is 0. The molecule has 28 heavy (non-hydrogen) atoms. The van der Waals surface area contributed by atoms with Crippen LogP contribution in [0.5, 0.6) is 5.75 Å². The number of likely N-dealkylation sites (tertiary alicyclic amines) is 1. The molecule has 0 unspecified atom stereocenters. The molecule has 2 aromatic carbocycles. The molecule has 5 nitrogen and oxygen atoms in total. The van der Waals surface area contributed by atoms with Crippen molar-refractivity contribution >= 4 is 17.8 Å². The van der Waals surface area contributed by atoms with E-state index in [0.29, 0.717) is 18.6 Å². The van der Waals surface area contributed by atoms with Gasteiger partial charge in [0.05, 0.1) is 18.3 Å². The lowest BCUT2D eigenvalue weighted by molar-refractivity contribution is -0.141. The summed E-state index contributed by atoms with van der Waals surface area (Å²) in [4.78, 5) is 38.2. The SMILES string of the molecule is O=C(CCN1C(=O)[C@@H]2CC=CC[C@H]2C1=O)Oc1ccc(-c2ccccc2)cc1. The number of amides is 2. The minimum atomic E-state index is -0.457. The predicted molar refractivity (Wildman–Crippen MR) is 104 cm³/mol. The number of imide groups is 1. The average molecular weight is 375 g/mol. The summed E-state index contributed by atoms with van der Waals surface area (Å²) in [5.74, 6) is -0.875. The third-order valence-electron chi connectivity index (χ3n) is 5.33. The molecule has 0 aromatic heterocycles. The average Bonchev–Trinajstić information content (AvgIpc) is 2.98. The van der Waals surface area contributed by atoms with Crippen molar-refractivity contribution in [1.82, 2.24) is 4.90 Å². The lowest BCUT2D eigenvalue weighted by atomic mass is 9.85. The van der Waals surface area contributed by atoms with Crippen molar-refractivity contribution in [2.24, 2.45) is 11.8 Å². The summed E-state index contributed by atoms with van der Waals surface area (Å²) in [6.45, 7) is 0.0750. The zero-order valence-electron chi connectivity index (χ0n) is 15.4. The van der Waals surface area contributed by atoms with Gasteiger partial charge in [0.25, 0.3) is 0 Å². The lowest BCUT2D eigenvalue weighted by Crippen LogP contribution is -2.33. The van der Waals surface area contributed by atoms with Crippen LogP contribution in [0.3, 0.4) is 0 Å². The van der Waals surface area contributed by atoms with Gasteiger partial charge in [-0.2, -0.15) is 0 Å². The predicted octanol–water partition coefficient (Wildman–Crippen LogP) is 3.60. The lowest BCUT2D eigenvalue weighted by Gasteiger charge is -2.14. The highest BCUT2D eigenvalue weighted by Gasteiger charge is 2.46. The third-order valence-corrected chi connectivity index (χ3v) is 5.33. The summed E-state index contributed by atoms with van der Waals surface area (Å²) < 4.78 is 5.35. The molecule has 0 spiro atoms. The van der Waals surface area contributed by atoms with Gasteiger partial charge in [0.15, 0.2) is 0 Å². The van der Waals surface area contributed by atoms with E-state index in [0.717, 1.165) is 11.1 Å². The second kappa shape index (κ2) is 7.80. The van der Waals surface area contributed by atoms with Gasteiger partial charge < -0.3 is 4.74 Å². The Kier molecular flexibility index (Phi) is 5.06. The Morgan fingerprint density at radius 2 is 1.43 bits per heavy atom. The molecule has 1 fully saturated rings. The fourth-order valence-electron chi connectivity index (χ4n) is 3.82. The zero-order chi connectivity index (χ0) is 19.5. The van der Waals surface area contributed by atoms with E-state index >= 15 is 0 Å². The fraction of sp³-hybridized carbons (Fsp3) is 0.261. The van der Waals surface area contributed by atoms with Gasteiger partial charge in [0.2, 0.25) is 11.8 Å². The van der Waals surface area contributed by atoms with Crippen LogP contribution in [0.15, 0.2) is 66.7 Å². The Bertz CT molecular complexity index is 891. The van der Waals surface area contributed by atoms with E-state index in [2.05, 4.69) is 0 Å². The number of esters is 1. The van der Waals surface area contributed by atoms with Crippen LogP contribution >= 0.6 is 0 Å². The maximum absolute atomic E-state index is 12.4. The topological polar surface area (TPSA) is 63.7 Å². The minimum absolute atomic E-state index is 0.00914. The molecule has 142 valence electrons.